The summed E-state index contributed by atoms with van der Waals surface area (Å²) in [6.07, 6.45) is 5.31. The van der Waals surface area contributed by atoms with E-state index in [2.05, 4.69) is 27.5 Å². The molecule has 0 saturated heterocycles. The first-order valence-corrected chi connectivity index (χ1v) is 8.06. The van der Waals surface area contributed by atoms with Gasteiger partial charge in [0, 0.05) is 6.54 Å². The third-order valence-electron chi connectivity index (χ3n) is 2.51. The zero-order chi connectivity index (χ0) is 13.4. The average molecular weight is 334 g/mol. The molecule has 5 heteroatoms. The highest BCUT2D eigenvalue weighted by Gasteiger charge is 2.11. The number of carbonyl (C=O) groups excluding carboxylic acids is 1. The second-order valence-corrected chi connectivity index (χ2v) is 5.69. The molecular weight excluding hydrogens is 317 g/mol. The molecule has 0 saturated carbocycles. The quantitative estimate of drug-likeness (QED) is 0.768. The summed E-state index contributed by atoms with van der Waals surface area (Å²) >= 11 is 4.92. The number of nitrogens with one attached hydrogen (secondary N) is 1. The van der Waals surface area contributed by atoms with Gasteiger partial charge in [0.2, 0.25) is 0 Å². The molecular formula is C13H17BrFNOS. The zero-order valence-electron chi connectivity index (χ0n) is 10.3. The van der Waals surface area contributed by atoms with Crippen molar-refractivity contribution < 1.29 is 9.18 Å². The van der Waals surface area contributed by atoms with Crippen molar-refractivity contribution in [3.8, 4) is 0 Å². The molecule has 1 amide bonds. The van der Waals surface area contributed by atoms with E-state index in [1.807, 2.05) is 11.8 Å². The van der Waals surface area contributed by atoms with Crippen LogP contribution in [0.5, 0.6) is 0 Å². The Kier molecular flexibility index (Phi) is 7.35. The maximum absolute atomic E-state index is 13.2. The molecule has 0 atom stereocenters. The van der Waals surface area contributed by atoms with E-state index in [4.69, 9.17) is 0 Å². The van der Waals surface area contributed by atoms with Gasteiger partial charge in [-0.25, -0.2) is 4.39 Å². The average Bonchev–Trinajstić information content (AvgIpc) is 2.36. The van der Waals surface area contributed by atoms with Gasteiger partial charge in [0.25, 0.3) is 5.91 Å². The monoisotopic (exact) mass is 333 g/mol. The summed E-state index contributed by atoms with van der Waals surface area (Å²) in [6.45, 7) is 0.635. The number of halogens is 2. The highest BCUT2D eigenvalue weighted by Crippen LogP contribution is 2.20. The number of carbonyl (C=O) groups is 1. The van der Waals surface area contributed by atoms with E-state index in [1.54, 1.807) is 6.07 Å². The van der Waals surface area contributed by atoms with Crippen molar-refractivity contribution in [2.45, 2.75) is 19.3 Å². The van der Waals surface area contributed by atoms with Crippen molar-refractivity contribution in [2.24, 2.45) is 0 Å². The van der Waals surface area contributed by atoms with E-state index in [0.717, 1.165) is 18.6 Å². The predicted octanol–water partition coefficient (Wildman–Crippen LogP) is 3.85. The molecule has 1 rings (SSSR count). The fourth-order valence-corrected chi connectivity index (χ4v) is 2.46. The van der Waals surface area contributed by atoms with Gasteiger partial charge >= 0.3 is 0 Å². The molecule has 2 nitrogen and oxygen atoms in total. The summed E-state index contributed by atoms with van der Waals surface area (Å²) in [5.41, 5.74) is 0.346. The molecule has 0 aromatic heterocycles. The van der Waals surface area contributed by atoms with Gasteiger partial charge in [-0.1, -0.05) is 12.5 Å². The second-order valence-electron chi connectivity index (χ2n) is 3.91. The summed E-state index contributed by atoms with van der Waals surface area (Å²) < 4.78 is 13.5. The fraction of sp³-hybridized carbons (Fsp3) is 0.462. The summed E-state index contributed by atoms with van der Waals surface area (Å²) in [5.74, 6) is 0.512. The van der Waals surface area contributed by atoms with Crippen molar-refractivity contribution in [2.75, 3.05) is 18.6 Å². The van der Waals surface area contributed by atoms with Crippen LogP contribution >= 0.6 is 27.7 Å². The summed E-state index contributed by atoms with van der Waals surface area (Å²) in [4.78, 5) is 11.8. The Morgan fingerprint density at radius 1 is 1.39 bits per heavy atom. The minimum absolute atomic E-state index is 0.227. The lowest BCUT2D eigenvalue weighted by molar-refractivity contribution is 0.0951. The van der Waals surface area contributed by atoms with Crippen LogP contribution in [0.3, 0.4) is 0 Å². The zero-order valence-corrected chi connectivity index (χ0v) is 12.7. The van der Waals surface area contributed by atoms with Gasteiger partial charge in [-0.15, -0.1) is 0 Å². The topological polar surface area (TPSA) is 29.1 Å². The van der Waals surface area contributed by atoms with Crippen LogP contribution in [0.15, 0.2) is 22.7 Å². The summed E-state index contributed by atoms with van der Waals surface area (Å²) in [7, 11) is 0. The molecule has 1 aromatic carbocycles. The fourth-order valence-electron chi connectivity index (χ4n) is 1.52. The largest absolute Gasteiger partial charge is 0.352 e. The van der Waals surface area contributed by atoms with E-state index in [0.29, 0.717) is 12.1 Å². The van der Waals surface area contributed by atoms with Crippen LogP contribution in [-0.2, 0) is 0 Å². The Morgan fingerprint density at radius 3 is 2.89 bits per heavy atom. The van der Waals surface area contributed by atoms with Gasteiger partial charge in [0.1, 0.15) is 5.82 Å². The Morgan fingerprint density at radius 2 is 2.17 bits per heavy atom. The first kappa shape index (κ1) is 15.5. The molecule has 18 heavy (non-hydrogen) atoms. The third kappa shape index (κ3) is 4.98. The number of benzene rings is 1. The van der Waals surface area contributed by atoms with Crippen LogP contribution in [0.25, 0.3) is 0 Å². The highest BCUT2D eigenvalue weighted by molar-refractivity contribution is 9.10. The van der Waals surface area contributed by atoms with Crippen LogP contribution in [0.4, 0.5) is 4.39 Å². The van der Waals surface area contributed by atoms with Gasteiger partial charge in [-0.05, 0) is 52.9 Å². The highest BCUT2D eigenvalue weighted by atomic mass is 79.9. The Balaban J connectivity index is 2.35. The molecule has 0 aliphatic carbocycles. The van der Waals surface area contributed by atoms with Crippen molar-refractivity contribution in [3.05, 3.63) is 34.1 Å². The SMILES string of the molecule is CSCCCCCNC(=O)c1cccc(F)c1Br. The van der Waals surface area contributed by atoms with Crippen molar-refractivity contribution in [1.29, 1.82) is 0 Å². The molecule has 0 radical (unpaired) electrons. The first-order valence-electron chi connectivity index (χ1n) is 5.88. The molecule has 0 aliphatic heterocycles. The number of thioether (sulfide) groups is 1. The number of unbranched alkanes of at least 4 members (excludes halogenated alkanes) is 2. The number of rotatable bonds is 7. The van der Waals surface area contributed by atoms with E-state index in [-0.39, 0.29) is 10.4 Å². The summed E-state index contributed by atoms with van der Waals surface area (Å²) in [6, 6.07) is 4.47. The minimum atomic E-state index is -0.414. The van der Waals surface area contributed by atoms with Crippen molar-refractivity contribution in [1.82, 2.24) is 5.32 Å². The Hall–Kier alpha value is -0.550. The van der Waals surface area contributed by atoms with E-state index >= 15 is 0 Å². The standard InChI is InChI=1S/C13H17BrFNOS/c1-18-9-4-2-3-8-16-13(17)10-6-5-7-11(15)12(10)14/h5-7H,2-4,8-9H2,1H3,(H,16,17). The van der Waals surface area contributed by atoms with Crippen molar-refractivity contribution in [3.63, 3.8) is 0 Å². The first-order chi connectivity index (χ1) is 8.66. The molecule has 0 unspecified atom stereocenters. The number of hydrogen-bond donors (Lipinski definition) is 1. The third-order valence-corrected chi connectivity index (χ3v) is 4.01. The van der Waals surface area contributed by atoms with Crippen LogP contribution in [0.1, 0.15) is 29.6 Å². The smallest absolute Gasteiger partial charge is 0.252 e. The molecule has 1 aromatic rings. The van der Waals surface area contributed by atoms with Gasteiger partial charge in [-0.2, -0.15) is 11.8 Å². The van der Waals surface area contributed by atoms with Crippen LogP contribution in [0.2, 0.25) is 0 Å². The van der Waals surface area contributed by atoms with Crippen molar-refractivity contribution >= 4 is 33.6 Å². The van der Waals surface area contributed by atoms with Gasteiger partial charge in [0.15, 0.2) is 0 Å². The van der Waals surface area contributed by atoms with Gasteiger partial charge < -0.3 is 5.32 Å². The molecule has 100 valence electrons. The maximum atomic E-state index is 13.2. The maximum Gasteiger partial charge on any atom is 0.252 e. The lowest BCUT2D eigenvalue weighted by Crippen LogP contribution is -2.25. The van der Waals surface area contributed by atoms with Crippen LogP contribution in [-0.4, -0.2) is 24.5 Å². The molecule has 0 fully saturated rings. The van der Waals surface area contributed by atoms with Gasteiger partial charge in [0.05, 0.1) is 10.0 Å². The predicted molar refractivity (Wildman–Crippen MR) is 78.7 cm³/mol. The van der Waals surface area contributed by atoms with E-state index in [9.17, 15) is 9.18 Å². The van der Waals surface area contributed by atoms with E-state index < -0.39 is 5.82 Å². The Labute approximate surface area is 120 Å². The minimum Gasteiger partial charge on any atom is -0.352 e. The molecule has 0 aliphatic rings. The normalized spacial score (nSPS) is 10.4. The number of hydrogen-bond acceptors (Lipinski definition) is 2. The van der Waals surface area contributed by atoms with Gasteiger partial charge in [-0.3, -0.25) is 4.79 Å². The van der Waals surface area contributed by atoms with E-state index in [1.165, 1.54) is 18.6 Å². The lowest BCUT2D eigenvalue weighted by atomic mass is 10.2. The molecule has 0 heterocycles. The second kappa shape index (κ2) is 8.53. The Bertz CT molecular complexity index is 401. The lowest BCUT2D eigenvalue weighted by Gasteiger charge is -2.07. The molecule has 0 bridgehead atoms. The van der Waals surface area contributed by atoms with Crippen LogP contribution < -0.4 is 5.32 Å². The summed E-state index contributed by atoms with van der Waals surface area (Å²) in [5, 5.41) is 2.80. The molecule has 0 spiro atoms. The van der Waals surface area contributed by atoms with Crippen LogP contribution in [0, 0.1) is 5.82 Å². The molecule has 1 N–H and O–H groups in total. The number of amides is 1.